The molecule has 132 valence electrons. The van der Waals surface area contributed by atoms with Crippen LogP contribution in [0.2, 0.25) is 0 Å². The summed E-state index contributed by atoms with van der Waals surface area (Å²) >= 11 is 0. The van der Waals surface area contributed by atoms with Crippen LogP contribution in [0.5, 0.6) is 0 Å². The SMILES string of the molecule is Cc1c(C(=O)Nc2ccc(Cn3ccnc3)cc2)[nH]c2c1C(=O)CCC2. The first-order valence-corrected chi connectivity index (χ1v) is 8.72. The number of amides is 1. The maximum Gasteiger partial charge on any atom is 0.272 e. The second-order valence-electron chi connectivity index (χ2n) is 6.64. The molecule has 0 saturated carbocycles. The number of rotatable bonds is 4. The summed E-state index contributed by atoms with van der Waals surface area (Å²) in [6.07, 6.45) is 7.64. The minimum atomic E-state index is -0.216. The Balaban J connectivity index is 1.49. The van der Waals surface area contributed by atoms with Gasteiger partial charge in [0.25, 0.3) is 5.91 Å². The molecular weight excluding hydrogens is 328 g/mol. The first-order chi connectivity index (χ1) is 12.6. The number of nitrogens with one attached hydrogen (secondary N) is 2. The molecule has 0 spiro atoms. The molecule has 0 radical (unpaired) electrons. The Kier molecular flexibility index (Phi) is 4.16. The fourth-order valence-corrected chi connectivity index (χ4v) is 3.48. The van der Waals surface area contributed by atoms with Crippen molar-refractivity contribution in [3.63, 3.8) is 0 Å². The number of hydrogen-bond donors (Lipinski definition) is 2. The standard InChI is InChI=1S/C20H20N4O2/c1-13-18-16(3-2-4-17(18)25)23-19(13)20(26)22-15-7-5-14(6-8-15)11-24-10-9-21-12-24/h5-10,12,23H,2-4,11H2,1H3,(H,22,26). The third kappa shape index (κ3) is 3.06. The highest BCUT2D eigenvalue weighted by Gasteiger charge is 2.26. The van der Waals surface area contributed by atoms with Crippen molar-refractivity contribution in [1.82, 2.24) is 14.5 Å². The van der Waals surface area contributed by atoms with E-state index in [9.17, 15) is 9.59 Å². The summed E-state index contributed by atoms with van der Waals surface area (Å²) in [6.45, 7) is 2.57. The number of ketones is 1. The van der Waals surface area contributed by atoms with Crippen LogP contribution in [0.4, 0.5) is 5.69 Å². The van der Waals surface area contributed by atoms with Crippen LogP contribution in [0, 0.1) is 6.92 Å². The van der Waals surface area contributed by atoms with E-state index in [0.29, 0.717) is 17.7 Å². The number of carbonyl (C=O) groups is 2. The molecule has 0 unspecified atom stereocenters. The van der Waals surface area contributed by atoms with Gasteiger partial charge in [0.1, 0.15) is 5.69 Å². The van der Waals surface area contributed by atoms with Crippen LogP contribution in [-0.4, -0.2) is 26.2 Å². The van der Waals surface area contributed by atoms with Gasteiger partial charge in [-0.3, -0.25) is 9.59 Å². The third-order valence-electron chi connectivity index (χ3n) is 4.80. The Hall–Kier alpha value is -3.15. The molecule has 1 amide bonds. The monoisotopic (exact) mass is 348 g/mol. The second kappa shape index (κ2) is 6.63. The first kappa shape index (κ1) is 16.3. The second-order valence-corrected chi connectivity index (χ2v) is 6.64. The van der Waals surface area contributed by atoms with Crippen molar-refractivity contribution in [2.24, 2.45) is 0 Å². The van der Waals surface area contributed by atoms with Crippen LogP contribution < -0.4 is 5.32 Å². The number of H-pyrrole nitrogens is 1. The summed E-state index contributed by atoms with van der Waals surface area (Å²) in [7, 11) is 0. The van der Waals surface area contributed by atoms with Gasteiger partial charge in [0.2, 0.25) is 0 Å². The van der Waals surface area contributed by atoms with Gasteiger partial charge in [0.05, 0.1) is 6.33 Å². The largest absolute Gasteiger partial charge is 0.354 e. The number of benzene rings is 1. The molecule has 2 heterocycles. The van der Waals surface area contributed by atoms with Gasteiger partial charge >= 0.3 is 0 Å². The van der Waals surface area contributed by atoms with E-state index in [0.717, 1.165) is 41.9 Å². The van der Waals surface area contributed by atoms with Crippen molar-refractivity contribution in [3.05, 3.63) is 71.1 Å². The smallest absolute Gasteiger partial charge is 0.272 e. The van der Waals surface area contributed by atoms with Crippen molar-refractivity contribution in [1.29, 1.82) is 0 Å². The molecule has 26 heavy (non-hydrogen) atoms. The molecule has 0 saturated heterocycles. The van der Waals surface area contributed by atoms with E-state index in [1.807, 2.05) is 42.0 Å². The Bertz CT molecular complexity index is 953. The highest BCUT2D eigenvalue weighted by molar-refractivity contribution is 6.08. The highest BCUT2D eigenvalue weighted by Crippen LogP contribution is 2.27. The topological polar surface area (TPSA) is 79.8 Å². The molecule has 6 heteroatoms. The summed E-state index contributed by atoms with van der Waals surface area (Å²) < 4.78 is 1.98. The van der Waals surface area contributed by atoms with E-state index in [-0.39, 0.29) is 11.7 Å². The lowest BCUT2D eigenvalue weighted by Crippen LogP contribution is -2.14. The lowest BCUT2D eigenvalue weighted by Gasteiger charge is -2.09. The predicted octanol–water partition coefficient (Wildman–Crippen LogP) is 3.34. The molecule has 0 aliphatic heterocycles. The number of aryl methyl sites for hydroxylation is 1. The van der Waals surface area contributed by atoms with Gasteiger partial charge in [-0.15, -0.1) is 0 Å². The van der Waals surface area contributed by atoms with E-state index in [2.05, 4.69) is 15.3 Å². The number of hydrogen-bond acceptors (Lipinski definition) is 3. The summed E-state index contributed by atoms with van der Waals surface area (Å²) in [5.74, 6) is -0.0880. The molecule has 4 rings (SSSR count). The molecule has 0 atom stereocenters. The molecule has 2 aromatic heterocycles. The quantitative estimate of drug-likeness (QED) is 0.759. The maximum atomic E-state index is 12.6. The molecular formula is C20H20N4O2. The minimum absolute atomic E-state index is 0.128. The first-order valence-electron chi connectivity index (χ1n) is 8.72. The number of anilines is 1. The van der Waals surface area contributed by atoms with E-state index in [1.165, 1.54) is 0 Å². The number of aromatic amines is 1. The molecule has 2 N–H and O–H groups in total. The molecule has 0 fully saturated rings. The summed E-state index contributed by atoms with van der Waals surface area (Å²) in [4.78, 5) is 31.9. The minimum Gasteiger partial charge on any atom is -0.354 e. The number of Topliss-reactive ketones (excluding diaryl/α,β-unsaturated/α-hetero) is 1. The van der Waals surface area contributed by atoms with Crippen LogP contribution in [0.1, 0.15) is 50.5 Å². The summed E-state index contributed by atoms with van der Waals surface area (Å²) in [5.41, 5.74) is 4.67. The van der Waals surface area contributed by atoms with Crippen molar-refractivity contribution in [2.45, 2.75) is 32.7 Å². The lowest BCUT2D eigenvalue weighted by atomic mass is 9.94. The Morgan fingerprint density at radius 1 is 1.27 bits per heavy atom. The van der Waals surface area contributed by atoms with Crippen LogP contribution >= 0.6 is 0 Å². The average Bonchev–Trinajstić information content (AvgIpc) is 3.25. The van der Waals surface area contributed by atoms with Crippen molar-refractivity contribution >= 4 is 17.4 Å². The number of aromatic nitrogens is 3. The average molecular weight is 348 g/mol. The molecule has 6 nitrogen and oxygen atoms in total. The summed E-state index contributed by atoms with van der Waals surface area (Å²) in [5, 5.41) is 2.91. The van der Waals surface area contributed by atoms with Gasteiger partial charge in [-0.2, -0.15) is 0 Å². The van der Waals surface area contributed by atoms with Gasteiger partial charge in [-0.1, -0.05) is 12.1 Å². The van der Waals surface area contributed by atoms with E-state index in [4.69, 9.17) is 0 Å². The molecule has 0 bridgehead atoms. The number of fused-ring (bicyclic) bond motifs is 1. The van der Waals surface area contributed by atoms with Gasteiger partial charge in [-0.25, -0.2) is 4.98 Å². The van der Waals surface area contributed by atoms with Crippen LogP contribution in [0.25, 0.3) is 0 Å². The van der Waals surface area contributed by atoms with E-state index < -0.39 is 0 Å². The van der Waals surface area contributed by atoms with Crippen molar-refractivity contribution in [2.75, 3.05) is 5.32 Å². The predicted molar refractivity (Wildman–Crippen MR) is 98.5 cm³/mol. The lowest BCUT2D eigenvalue weighted by molar-refractivity contribution is 0.0971. The fraction of sp³-hybridized carbons (Fsp3) is 0.250. The zero-order valence-electron chi connectivity index (χ0n) is 14.6. The molecule has 1 aliphatic carbocycles. The highest BCUT2D eigenvalue weighted by atomic mass is 16.2. The zero-order valence-corrected chi connectivity index (χ0v) is 14.6. The Labute approximate surface area is 151 Å². The van der Waals surface area contributed by atoms with Crippen LogP contribution in [0.15, 0.2) is 43.0 Å². The third-order valence-corrected chi connectivity index (χ3v) is 4.80. The Morgan fingerprint density at radius 2 is 2.08 bits per heavy atom. The molecule has 1 aliphatic rings. The number of nitrogens with zero attached hydrogens (tertiary/aromatic N) is 2. The summed E-state index contributed by atoms with van der Waals surface area (Å²) in [6, 6.07) is 7.72. The maximum absolute atomic E-state index is 12.6. The number of carbonyl (C=O) groups excluding carboxylic acids is 2. The van der Waals surface area contributed by atoms with E-state index in [1.54, 1.807) is 12.5 Å². The van der Waals surface area contributed by atoms with Crippen molar-refractivity contribution < 1.29 is 9.59 Å². The van der Waals surface area contributed by atoms with Crippen molar-refractivity contribution in [3.8, 4) is 0 Å². The van der Waals surface area contributed by atoms with Crippen LogP contribution in [0.3, 0.4) is 0 Å². The van der Waals surface area contributed by atoms with Gasteiger partial charge in [0, 0.05) is 42.3 Å². The van der Waals surface area contributed by atoms with Gasteiger partial charge < -0.3 is 14.9 Å². The Morgan fingerprint density at radius 3 is 2.77 bits per heavy atom. The normalized spacial score (nSPS) is 13.5. The molecule has 3 aromatic rings. The van der Waals surface area contributed by atoms with E-state index >= 15 is 0 Å². The number of imidazole rings is 1. The van der Waals surface area contributed by atoms with Gasteiger partial charge in [-0.05, 0) is 43.0 Å². The van der Waals surface area contributed by atoms with Crippen LogP contribution in [-0.2, 0) is 13.0 Å². The zero-order chi connectivity index (χ0) is 18.1. The van der Waals surface area contributed by atoms with Gasteiger partial charge in [0.15, 0.2) is 5.78 Å². The molecule has 1 aromatic carbocycles. The fourth-order valence-electron chi connectivity index (χ4n) is 3.48.